The van der Waals surface area contributed by atoms with E-state index in [9.17, 15) is 4.79 Å². The van der Waals surface area contributed by atoms with Crippen LogP contribution < -0.4 is 5.32 Å². The lowest BCUT2D eigenvalue weighted by molar-refractivity contribution is 0.0950. The van der Waals surface area contributed by atoms with E-state index in [0.717, 1.165) is 15.8 Å². The highest BCUT2D eigenvalue weighted by Crippen LogP contribution is 2.19. The van der Waals surface area contributed by atoms with Crippen LogP contribution in [0.5, 0.6) is 0 Å². The molecule has 0 radical (unpaired) electrons. The minimum atomic E-state index is -0.189. The van der Waals surface area contributed by atoms with Crippen LogP contribution in [0, 0.1) is 0 Å². The van der Waals surface area contributed by atoms with Crippen LogP contribution in [0.4, 0.5) is 0 Å². The molecule has 0 bridgehead atoms. The number of fused-ring (bicyclic) bond motifs is 1. The van der Waals surface area contributed by atoms with E-state index in [-0.39, 0.29) is 5.91 Å². The summed E-state index contributed by atoms with van der Waals surface area (Å²) in [5, 5.41) is 3.36. The van der Waals surface area contributed by atoms with Gasteiger partial charge in [0.15, 0.2) is 0 Å². The lowest BCUT2D eigenvalue weighted by atomic mass is 10.2. The molecule has 3 rings (SSSR count). The molecule has 2 aromatic heterocycles. The summed E-state index contributed by atoms with van der Waals surface area (Å²) in [6, 6.07) is 10.9. The number of hydrogen-bond acceptors (Lipinski definition) is 2. The normalized spacial score (nSPS) is 10.8. The van der Waals surface area contributed by atoms with Crippen molar-refractivity contribution in [3.8, 4) is 0 Å². The van der Waals surface area contributed by atoms with Crippen LogP contribution in [0.3, 0.4) is 0 Å². The van der Waals surface area contributed by atoms with Crippen molar-refractivity contribution in [1.29, 1.82) is 0 Å². The predicted molar refractivity (Wildman–Crippen MR) is 85.5 cm³/mol. The second kappa shape index (κ2) is 5.87. The Kier molecular flexibility index (Phi) is 3.94. The van der Waals surface area contributed by atoms with Gasteiger partial charge < -0.3 is 9.72 Å². The van der Waals surface area contributed by atoms with Crippen molar-refractivity contribution in [3.63, 3.8) is 0 Å². The minimum absolute atomic E-state index is 0.189. The first-order valence-corrected chi connectivity index (χ1v) is 7.46. The summed E-state index contributed by atoms with van der Waals surface area (Å²) < 4.78 is 2.71. The lowest BCUT2D eigenvalue weighted by Crippen LogP contribution is -2.24. The molecule has 1 aromatic carbocycles. The molecule has 106 valence electrons. The number of pyridine rings is 1. The molecule has 0 atom stereocenters. The Bertz CT molecular complexity index is 795. The van der Waals surface area contributed by atoms with Gasteiger partial charge in [0.05, 0.1) is 18.3 Å². The Hall–Kier alpha value is -1.85. The second-order valence-corrected chi connectivity index (χ2v) is 5.86. The molecule has 2 heterocycles. The zero-order chi connectivity index (χ0) is 14.8. The van der Waals surface area contributed by atoms with Gasteiger partial charge in [-0.3, -0.25) is 4.79 Å². The molecule has 0 saturated carbocycles. The zero-order valence-corrected chi connectivity index (χ0v) is 13.2. The molecule has 6 heteroatoms. The van der Waals surface area contributed by atoms with Crippen molar-refractivity contribution < 1.29 is 4.79 Å². The van der Waals surface area contributed by atoms with Crippen LogP contribution in [0.2, 0.25) is 5.02 Å². The quantitative estimate of drug-likeness (QED) is 0.770. The van der Waals surface area contributed by atoms with Gasteiger partial charge in [-0.05, 0) is 30.3 Å². The van der Waals surface area contributed by atoms with Gasteiger partial charge in [-0.2, -0.15) is 0 Å². The van der Waals surface area contributed by atoms with Gasteiger partial charge in [-0.15, -0.1) is 0 Å². The fourth-order valence-corrected chi connectivity index (χ4v) is 2.94. The smallest absolute Gasteiger partial charge is 0.251 e. The van der Waals surface area contributed by atoms with Crippen LogP contribution in [0.1, 0.15) is 16.2 Å². The van der Waals surface area contributed by atoms with Crippen LogP contribution in [0.15, 0.2) is 53.3 Å². The van der Waals surface area contributed by atoms with Crippen LogP contribution in [0.25, 0.3) is 5.52 Å². The maximum Gasteiger partial charge on any atom is 0.251 e. The van der Waals surface area contributed by atoms with Gasteiger partial charge in [-0.1, -0.05) is 33.6 Å². The highest BCUT2D eigenvalue weighted by Gasteiger charge is 2.09. The summed E-state index contributed by atoms with van der Waals surface area (Å²) in [4.78, 5) is 16.5. The largest absolute Gasteiger partial charge is 0.345 e. The standard InChI is InChI=1S/C15H11BrClN3O/c16-11-5-10(6-12(17)7-11)15(21)19-9-14-18-8-13-3-1-2-4-20(13)14/h1-8H,9H2,(H,19,21). The first kappa shape index (κ1) is 14.1. The van der Waals surface area contributed by atoms with Crippen LogP contribution in [-0.4, -0.2) is 15.3 Å². The van der Waals surface area contributed by atoms with Crippen molar-refractivity contribution in [2.24, 2.45) is 0 Å². The molecule has 0 aliphatic rings. The Balaban J connectivity index is 1.76. The highest BCUT2D eigenvalue weighted by atomic mass is 79.9. The number of nitrogens with zero attached hydrogens (tertiary/aromatic N) is 2. The van der Waals surface area contributed by atoms with Crippen molar-refractivity contribution in [3.05, 3.63) is 69.7 Å². The van der Waals surface area contributed by atoms with Gasteiger partial charge in [-0.25, -0.2) is 4.98 Å². The van der Waals surface area contributed by atoms with Crippen molar-refractivity contribution in [2.75, 3.05) is 0 Å². The van der Waals surface area contributed by atoms with Gasteiger partial charge in [0.1, 0.15) is 5.82 Å². The van der Waals surface area contributed by atoms with Crippen LogP contribution in [-0.2, 0) is 6.54 Å². The number of amides is 1. The van der Waals surface area contributed by atoms with E-state index in [4.69, 9.17) is 11.6 Å². The van der Waals surface area contributed by atoms with Gasteiger partial charge in [0.2, 0.25) is 0 Å². The number of nitrogens with one attached hydrogen (secondary N) is 1. The molecule has 4 nitrogen and oxygen atoms in total. The van der Waals surface area contributed by atoms with E-state index < -0.39 is 0 Å². The summed E-state index contributed by atoms with van der Waals surface area (Å²) in [6.45, 7) is 0.348. The second-order valence-electron chi connectivity index (χ2n) is 4.51. The number of aromatic nitrogens is 2. The maximum atomic E-state index is 12.2. The molecule has 0 unspecified atom stereocenters. The van der Waals surface area contributed by atoms with Gasteiger partial charge in [0, 0.05) is 21.3 Å². The third kappa shape index (κ3) is 3.09. The zero-order valence-electron chi connectivity index (χ0n) is 10.9. The molecule has 0 spiro atoms. The van der Waals surface area contributed by atoms with E-state index in [2.05, 4.69) is 26.2 Å². The minimum Gasteiger partial charge on any atom is -0.345 e. The predicted octanol–water partition coefficient (Wildman–Crippen LogP) is 3.68. The van der Waals surface area contributed by atoms with E-state index in [1.165, 1.54) is 0 Å². The Morgan fingerprint density at radius 1 is 1.33 bits per heavy atom. The molecular formula is C15H11BrClN3O. The Morgan fingerprint density at radius 2 is 2.19 bits per heavy atom. The molecular weight excluding hydrogens is 354 g/mol. The van der Waals surface area contributed by atoms with Crippen molar-refractivity contribution in [1.82, 2.24) is 14.7 Å². The third-order valence-corrected chi connectivity index (χ3v) is 3.72. The maximum absolute atomic E-state index is 12.2. The van der Waals surface area contributed by atoms with Crippen LogP contribution >= 0.6 is 27.5 Å². The Morgan fingerprint density at radius 3 is 3.00 bits per heavy atom. The molecule has 21 heavy (non-hydrogen) atoms. The number of carbonyl (C=O) groups is 1. The first-order valence-electron chi connectivity index (χ1n) is 6.29. The first-order chi connectivity index (χ1) is 10.1. The number of hydrogen-bond donors (Lipinski definition) is 1. The SMILES string of the molecule is O=C(NCc1ncc2ccccn12)c1cc(Cl)cc(Br)c1. The van der Waals surface area contributed by atoms with Crippen molar-refractivity contribution in [2.45, 2.75) is 6.54 Å². The summed E-state index contributed by atoms with van der Waals surface area (Å²) in [7, 11) is 0. The summed E-state index contributed by atoms with van der Waals surface area (Å²) in [5.41, 5.74) is 1.50. The summed E-state index contributed by atoms with van der Waals surface area (Å²) in [5.74, 6) is 0.589. The summed E-state index contributed by atoms with van der Waals surface area (Å²) >= 11 is 9.27. The van der Waals surface area contributed by atoms with E-state index in [0.29, 0.717) is 17.1 Å². The van der Waals surface area contributed by atoms with Gasteiger partial charge >= 0.3 is 0 Å². The molecule has 1 amide bonds. The van der Waals surface area contributed by atoms with Crippen molar-refractivity contribution >= 4 is 39.0 Å². The fourth-order valence-electron chi connectivity index (χ4n) is 2.08. The molecule has 0 aliphatic carbocycles. The van der Waals surface area contributed by atoms with E-state index in [1.54, 1.807) is 24.4 Å². The molecule has 0 aliphatic heterocycles. The molecule has 1 N–H and O–H groups in total. The monoisotopic (exact) mass is 363 g/mol. The fraction of sp³-hybridized carbons (Fsp3) is 0.0667. The molecule has 0 saturated heterocycles. The van der Waals surface area contributed by atoms with Gasteiger partial charge in [0.25, 0.3) is 5.91 Å². The average Bonchev–Trinajstić information content (AvgIpc) is 2.87. The van der Waals surface area contributed by atoms with E-state index >= 15 is 0 Å². The Labute approximate surface area is 134 Å². The number of carbonyl (C=O) groups excluding carboxylic acids is 1. The highest BCUT2D eigenvalue weighted by molar-refractivity contribution is 9.10. The molecule has 0 fully saturated rings. The number of imidazole rings is 1. The van der Waals surface area contributed by atoms with E-state index in [1.807, 2.05) is 28.8 Å². The summed E-state index contributed by atoms with van der Waals surface area (Å²) in [6.07, 6.45) is 3.69. The third-order valence-electron chi connectivity index (χ3n) is 3.05. The number of rotatable bonds is 3. The molecule has 3 aromatic rings. The topological polar surface area (TPSA) is 46.4 Å². The number of benzene rings is 1. The average molecular weight is 365 g/mol. The number of halogens is 2. The lowest BCUT2D eigenvalue weighted by Gasteiger charge is -2.06.